The zero-order valence-electron chi connectivity index (χ0n) is 26.7. The van der Waals surface area contributed by atoms with Crippen LogP contribution < -0.4 is 0 Å². The lowest BCUT2D eigenvalue weighted by Crippen LogP contribution is -2.51. The largest absolute Gasteiger partial charge is 0.471 e. The molecule has 1 saturated carbocycles. The van der Waals surface area contributed by atoms with E-state index in [1.165, 1.54) is 17.0 Å². The van der Waals surface area contributed by atoms with Gasteiger partial charge in [0.15, 0.2) is 6.23 Å². The second-order valence-corrected chi connectivity index (χ2v) is 13.2. The number of pyridine rings is 1. The molecular formula is C33H39F4N5O4. The van der Waals surface area contributed by atoms with Crippen molar-refractivity contribution in [1.82, 2.24) is 24.3 Å². The van der Waals surface area contributed by atoms with Crippen LogP contribution in [0.5, 0.6) is 0 Å². The number of alkyl halides is 3. The Morgan fingerprint density at radius 2 is 1.80 bits per heavy atom. The molecule has 13 heteroatoms. The van der Waals surface area contributed by atoms with Gasteiger partial charge in [0.25, 0.3) is 0 Å². The van der Waals surface area contributed by atoms with Crippen LogP contribution in [0.15, 0.2) is 42.6 Å². The van der Waals surface area contributed by atoms with Crippen LogP contribution in [0.2, 0.25) is 0 Å². The second-order valence-electron chi connectivity index (χ2n) is 13.2. The summed E-state index contributed by atoms with van der Waals surface area (Å²) in [5.74, 6) is -1.73. The summed E-state index contributed by atoms with van der Waals surface area (Å²) in [5.41, 5.74) is 1.71. The number of imidazole rings is 1. The van der Waals surface area contributed by atoms with Crippen molar-refractivity contribution >= 4 is 12.0 Å². The smallest absolute Gasteiger partial charge is 0.444 e. The molecule has 1 aliphatic carbocycles. The number of ether oxygens (including phenoxy) is 2. The van der Waals surface area contributed by atoms with Crippen molar-refractivity contribution < 1.29 is 36.6 Å². The van der Waals surface area contributed by atoms with Gasteiger partial charge in [-0.05, 0) is 76.8 Å². The van der Waals surface area contributed by atoms with Crippen molar-refractivity contribution in [3.63, 3.8) is 0 Å². The number of benzene rings is 1. The van der Waals surface area contributed by atoms with Crippen LogP contribution >= 0.6 is 0 Å². The molecule has 2 aromatic heterocycles. The molecule has 1 saturated heterocycles. The average Bonchev–Trinajstić information content (AvgIpc) is 3.61. The fourth-order valence-corrected chi connectivity index (χ4v) is 5.63. The Morgan fingerprint density at radius 1 is 1.11 bits per heavy atom. The molecule has 0 radical (unpaired) electrons. The van der Waals surface area contributed by atoms with Gasteiger partial charge in [0.2, 0.25) is 0 Å². The fraction of sp³-hybridized carbons (Fsp3) is 0.515. The quantitative estimate of drug-likeness (QED) is 0.261. The molecule has 2 aliphatic rings. The predicted molar refractivity (Wildman–Crippen MR) is 160 cm³/mol. The van der Waals surface area contributed by atoms with Gasteiger partial charge in [0.1, 0.15) is 17.2 Å². The van der Waals surface area contributed by atoms with Gasteiger partial charge in [-0.2, -0.15) is 13.2 Å². The van der Waals surface area contributed by atoms with Crippen molar-refractivity contribution in [3.8, 4) is 0 Å². The first-order valence-corrected chi connectivity index (χ1v) is 15.3. The number of carbonyl (C=O) groups is 2. The maximum Gasteiger partial charge on any atom is 0.471 e. The van der Waals surface area contributed by atoms with E-state index in [0.29, 0.717) is 48.6 Å². The van der Waals surface area contributed by atoms with Crippen molar-refractivity contribution in [2.24, 2.45) is 5.41 Å². The maximum atomic E-state index is 13.6. The van der Waals surface area contributed by atoms with Gasteiger partial charge < -0.3 is 18.9 Å². The van der Waals surface area contributed by atoms with E-state index in [9.17, 15) is 27.2 Å². The Labute approximate surface area is 265 Å². The number of carbonyl (C=O) groups excluding carboxylic acids is 2. The molecule has 3 heterocycles. The van der Waals surface area contributed by atoms with Crippen LogP contribution in [0.4, 0.5) is 22.4 Å². The minimum absolute atomic E-state index is 0.0300. The lowest BCUT2D eigenvalue weighted by Gasteiger charge is -2.40. The highest BCUT2D eigenvalue weighted by Gasteiger charge is 2.55. The summed E-state index contributed by atoms with van der Waals surface area (Å²) in [6.07, 6.45) is -3.15. The molecule has 2 fully saturated rings. The third kappa shape index (κ3) is 7.86. The molecule has 248 valence electrons. The fourth-order valence-electron chi connectivity index (χ4n) is 5.63. The number of aromatic nitrogens is 3. The highest BCUT2D eigenvalue weighted by Crippen LogP contribution is 2.51. The zero-order chi connectivity index (χ0) is 33.4. The minimum Gasteiger partial charge on any atom is -0.444 e. The number of rotatable bonds is 8. The molecular weight excluding hydrogens is 606 g/mol. The van der Waals surface area contributed by atoms with Crippen molar-refractivity contribution in [2.45, 2.75) is 91.5 Å². The summed E-state index contributed by atoms with van der Waals surface area (Å²) >= 11 is 0. The van der Waals surface area contributed by atoms with Crippen LogP contribution in [0.25, 0.3) is 0 Å². The SMILES string of the molecule is CCc1cnc(CN(Cc2cc(C3OCC4(CC4)CN3C(=O)C(F)(F)F)cc(C)n2)C(=O)OC(C)(C)C)n1Cc1ccc(F)cc1. The first-order valence-electron chi connectivity index (χ1n) is 15.3. The molecule has 1 unspecified atom stereocenters. The molecule has 1 atom stereocenters. The second kappa shape index (κ2) is 12.7. The number of nitrogens with zero attached hydrogens (tertiary/aromatic N) is 5. The normalized spacial score (nSPS) is 17.7. The van der Waals surface area contributed by atoms with Gasteiger partial charge in [-0.1, -0.05) is 19.1 Å². The van der Waals surface area contributed by atoms with Crippen molar-refractivity contribution in [2.75, 3.05) is 13.2 Å². The molecule has 0 bridgehead atoms. The predicted octanol–water partition coefficient (Wildman–Crippen LogP) is 6.47. The standard InChI is InChI=1S/C33H39F4N5O4/c1-6-26-15-38-27(41(26)16-22-7-9-24(34)10-8-22)18-40(30(44)46-31(3,4)5)17-25-14-23(13-21(2)39-25)28-42(29(43)33(35,36)37)19-32(11-12-32)20-45-28/h7-10,13-15,28H,6,11-12,16-20H2,1-5H3. The number of aryl methyl sites for hydroxylation is 2. The summed E-state index contributed by atoms with van der Waals surface area (Å²) in [4.78, 5) is 37.4. The monoisotopic (exact) mass is 645 g/mol. The number of halogens is 4. The molecule has 3 aromatic rings. The van der Waals surface area contributed by atoms with Gasteiger partial charge in [-0.3, -0.25) is 14.7 Å². The molecule has 9 nitrogen and oxygen atoms in total. The summed E-state index contributed by atoms with van der Waals surface area (Å²) in [7, 11) is 0. The van der Waals surface area contributed by atoms with E-state index >= 15 is 0 Å². The van der Waals surface area contributed by atoms with E-state index in [1.54, 1.807) is 58.2 Å². The lowest BCUT2D eigenvalue weighted by atomic mass is 10.0. The van der Waals surface area contributed by atoms with E-state index in [0.717, 1.165) is 16.2 Å². The van der Waals surface area contributed by atoms with Crippen molar-refractivity contribution in [3.05, 3.63) is 82.4 Å². The molecule has 1 spiro atoms. The molecule has 2 amide bonds. The van der Waals surface area contributed by atoms with Gasteiger partial charge >= 0.3 is 18.2 Å². The average molecular weight is 646 g/mol. The van der Waals surface area contributed by atoms with Crippen molar-refractivity contribution in [1.29, 1.82) is 0 Å². The van der Waals surface area contributed by atoms with Crippen LogP contribution in [0.3, 0.4) is 0 Å². The Balaban J connectivity index is 1.45. The summed E-state index contributed by atoms with van der Waals surface area (Å²) in [6.45, 7) is 9.48. The highest BCUT2D eigenvalue weighted by molar-refractivity contribution is 5.82. The van der Waals surface area contributed by atoms with Gasteiger partial charge in [0, 0.05) is 41.7 Å². The maximum absolute atomic E-state index is 13.6. The highest BCUT2D eigenvalue weighted by atomic mass is 19.4. The Hall–Kier alpha value is -4.00. The van der Waals surface area contributed by atoms with E-state index in [1.807, 2.05) is 11.5 Å². The van der Waals surface area contributed by atoms with E-state index in [-0.39, 0.29) is 32.1 Å². The van der Waals surface area contributed by atoms with Gasteiger partial charge in [0.05, 0.1) is 25.4 Å². The molecule has 1 aromatic carbocycles. The Morgan fingerprint density at radius 3 is 2.41 bits per heavy atom. The first-order chi connectivity index (χ1) is 21.6. The molecule has 0 N–H and O–H groups in total. The van der Waals surface area contributed by atoms with Crippen LogP contribution in [0.1, 0.15) is 80.8 Å². The van der Waals surface area contributed by atoms with Crippen LogP contribution in [-0.2, 0) is 40.3 Å². The third-order valence-corrected chi connectivity index (χ3v) is 8.08. The number of amides is 2. The zero-order valence-corrected chi connectivity index (χ0v) is 26.7. The Kier molecular flexibility index (Phi) is 9.18. The summed E-state index contributed by atoms with van der Waals surface area (Å²) in [5, 5.41) is 0. The van der Waals surface area contributed by atoms with Gasteiger partial charge in [-0.15, -0.1) is 0 Å². The molecule has 46 heavy (non-hydrogen) atoms. The van der Waals surface area contributed by atoms with E-state index < -0.39 is 35.4 Å². The number of hydrogen-bond acceptors (Lipinski definition) is 6. The van der Waals surface area contributed by atoms with Crippen LogP contribution in [-0.4, -0.2) is 61.3 Å². The minimum atomic E-state index is -5.05. The van der Waals surface area contributed by atoms with E-state index in [4.69, 9.17) is 9.47 Å². The lowest BCUT2D eigenvalue weighted by molar-refractivity contribution is -0.210. The summed E-state index contributed by atoms with van der Waals surface area (Å²) < 4.78 is 68.1. The summed E-state index contributed by atoms with van der Waals surface area (Å²) in [6, 6.07) is 9.31. The van der Waals surface area contributed by atoms with Gasteiger partial charge in [-0.25, -0.2) is 14.2 Å². The first kappa shape index (κ1) is 33.4. The van der Waals surface area contributed by atoms with Crippen LogP contribution in [0, 0.1) is 18.2 Å². The molecule has 1 aliphatic heterocycles. The van der Waals surface area contributed by atoms with E-state index in [2.05, 4.69) is 9.97 Å². The Bertz CT molecular complexity index is 1580. The number of hydrogen-bond donors (Lipinski definition) is 0. The topological polar surface area (TPSA) is 89.8 Å². The third-order valence-electron chi connectivity index (χ3n) is 8.08. The molecule has 5 rings (SSSR count).